The van der Waals surface area contributed by atoms with E-state index in [-0.39, 0.29) is 30.6 Å². The van der Waals surface area contributed by atoms with E-state index < -0.39 is 0 Å². The first-order chi connectivity index (χ1) is 11.6. The molecule has 4 heteroatoms. The number of benzene rings is 1. The third-order valence-electron chi connectivity index (χ3n) is 4.63. The minimum absolute atomic E-state index is 0.0263. The molecule has 1 amide bonds. The molecule has 126 valence electrons. The van der Waals surface area contributed by atoms with E-state index in [9.17, 15) is 9.59 Å². The highest BCUT2D eigenvalue weighted by atomic mass is 32.1. The van der Waals surface area contributed by atoms with Crippen LogP contribution in [-0.4, -0.2) is 11.7 Å². The maximum atomic E-state index is 12.1. The number of hydrogen-bond acceptors (Lipinski definition) is 3. The fourth-order valence-electron chi connectivity index (χ4n) is 3.21. The zero-order chi connectivity index (χ0) is 16.9. The molecular weight excluding hydrogens is 318 g/mol. The van der Waals surface area contributed by atoms with Gasteiger partial charge in [0.1, 0.15) is 0 Å². The van der Waals surface area contributed by atoms with Gasteiger partial charge < -0.3 is 5.32 Å². The van der Waals surface area contributed by atoms with E-state index in [2.05, 4.69) is 23.5 Å². The molecule has 24 heavy (non-hydrogen) atoms. The van der Waals surface area contributed by atoms with Gasteiger partial charge >= 0.3 is 0 Å². The van der Waals surface area contributed by atoms with Crippen molar-refractivity contribution in [2.24, 2.45) is 0 Å². The number of rotatable bonds is 6. The van der Waals surface area contributed by atoms with Crippen LogP contribution in [-0.2, 0) is 17.6 Å². The summed E-state index contributed by atoms with van der Waals surface area (Å²) in [4.78, 5) is 24.8. The molecule has 3 nitrogen and oxygen atoms in total. The van der Waals surface area contributed by atoms with Crippen molar-refractivity contribution in [3.8, 4) is 0 Å². The summed E-state index contributed by atoms with van der Waals surface area (Å²) in [5.41, 5.74) is 4.02. The molecule has 2 aromatic rings. The standard InChI is InChI=1S/C20H23NO2S/c1-14(16-9-8-15-5-2-3-6-17(15)13-16)21-20(23)11-10-18(22)19-7-4-12-24-19/h4,7-9,12-14H,2-3,5-6,10-11H2,1H3,(H,21,23)/t14-/m1/s1. The molecule has 1 heterocycles. The Morgan fingerprint density at radius 3 is 2.67 bits per heavy atom. The Morgan fingerprint density at radius 1 is 1.12 bits per heavy atom. The van der Waals surface area contributed by atoms with Crippen molar-refractivity contribution in [2.75, 3.05) is 0 Å². The Balaban J connectivity index is 1.53. The Bertz CT molecular complexity index is 721. The molecular formula is C20H23NO2S. The molecule has 1 aromatic heterocycles. The number of thiophene rings is 1. The highest BCUT2D eigenvalue weighted by Crippen LogP contribution is 2.24. The Morgan fingerprint density at radius 2 is 1.92 bits per heavy atom. The largest absolute Gasteiger partial charge is 0.350 e. The van der Waals surface area contributed by atoms with Crippen molar-refractivity contribution < 1.29 is 9.59 Å². The van der Waals surface area contributed by atoms with Crippen LogP contribution in [0, 0.1) is 0 Å². The van der Waals surface area contributed by atoms with E-state index >= 15 is 0 Å². The van der Waals surface area contributed by atoms with Crippen LogP contribution in [0.15, 0.2) is 35.7 Å². The highest BCUT2D eigenvalue weighted by molar-refractivity contribution is 7.12. The number of carbonyl (C=O) groups is 2. The lowest BCUT2D eigenvalue weighted by atomic mass is 9.89. The Labute approximate surface area is 147 Å². The molecule has 0 radical (unpaired) electrons. The van der Waals surface area contributed by atoms with E-state index in [4.69, 9.17) is 0 Å². The van der Waals surface area contributed by atoms with Crippen LogP contribution in [0.4, 0.5) is 0 Å². The summed E-state index contributed by atoms with van der Waals surface area (Å²) < 4.78 is 0. The van der Waals surface area contributed by atoms with Gasteiger partial charge in [0.15, 0.2) is 5.78 Å². The lowest BCUT2D eigenvalue weighted by molar-refractivity contribution is -0.121. The Kier molecular flexibility index (Phi) is 5.46. The summed E-state index contributed by atoms with van der Waals surface area (Å²) in [6, 6.07) is 10.2. The van der Waals surface area contributed by atoms with E-state index in [1.54, 1.807) is 6.07 Å². The number of nitrogens with one attached hydrogen (secondary N) is 1. The fourth-order valence-corrected chi connectivity index (χ4v) is 3.90. The minimum atomic E-state index is -0.0647. The molecule has 1 N–H and O–H groups in total. The molecule has 0 unspecified atom stereocenters. The van der Waals surface area contributed by atoms with E-state index in [1.807, 2.05) is 18.4 Å². The van der Waals surface area contributed by atoms with Gasteiger partial charge in [0.25, 0.3) is 0 Å². The third kappa shape index (κ3) is 4.12. The molecule has 0 spiro atoms. The van der Waals surface area contributed by atoms with Crippen LogP contribution in [0.25, 0.3) is 0 Å². The molecule has 0 saturated carbocycles. The van der Waals surface area contributed by atoms with Crippen LogP contribution in [0.2, 0.25) is 0 Å². The summed E-state index contributed by atoms with van der Waals surface area (Å²) in [5.74, 6) is -0.0216. The monoisotopic (exact) mass is 341 g/mol. The van der Waals surface area contributed by atoms with Crippen molar-refractivity contribution in [2.45, 2.75) is 51.5 Å². The summed E-state index contributed by atoms with van der Waals surface area (Å²) >= 11 is 1.43. The van der Waals surface area contributed by atoms with Crippen LogP contribution in [0.1, 0.15) is 65.0 Å². The maximum Gasteiger partial charge on any atom is 0.220 e. The maximum absolute atomic E-state index is 12.1. The number of amides is 1. The van der Waals surface area contributed by atoms with Gasteiger partial charge in [-0.05, 0) is 60.7 Å². The molecule has 0 saturated heterocycles. The molecule has 1 aliphatic carbocycles. The third-order valence-corrected chi connectivity index (χ3v) is 5.54. The van der Waals surface area contributed by atoms with E-state index in [1.165, 1.54) is 41.7 Å². The van der Waals surface area contributed by atoms with Crippen molar-refractivity contribution in [3.63, 3.8) is 0 Å². The number of ketones is 1. The van der Waals surface area contributed by atoms with Crippen LogP contribution < -0.4 is 5.32 Å². The van der Waals surface area contributed by atoms with Gasteiger partial charge in [-0.2, -0.15) is 0 Å². The number of aryl methyl sites for hydroxylation is 2. The van der Waals surface area contributed by atoms with Crippen LogP contribution in [0.3, 0.4) is 0 Å². The van der Waals surface area contributed by atoms with Crippen molar-refractivity contribution in [3.05, 3.63) is 57.3 Å². The predicted molar refractivity (Wildman–Crippen MR) is 97.5 cm³/mol. The SMILES string of the molecule is C[C@@H](NC(=O)CCC(=O)c1cccs1)c1ccc2c(c1)CCCC2. The topological polar surface area (TPSA) is 46.2 Å². The minimum Gasteiger partial charge on any atom is -0.350 e. The van der Waals surface area contributed by atoms with Crippen LogP contribution >= 0.6 is 11.3 Å². The average molecular weight is 341 g/mol. The van der Waals surface area contributed by atoms with Gasteiger partial charge in [-0.25, -0.2) is 0 Å². The zero-order valence-corrected chi connectivity index (χ0v) is 14.8. The summed E-state index contributed by atoms with van der Waals surface area (Å²) in [7, 11) is 0. The molecule has 0 aliphatic heterocycles. The summed E-state index contributed by atoms with van der Waals surface area (Å²) in [5, 5.41) is 4.90. The number of fused-ring (bicyclic) bond motifs is 1. The molecule has 0 bridgehead atoms. The lowest BCUT2D eigenvalue weighted by Gasteiger charge is -2.20. The molecule has 1 atom stereocenters. The van der Waals surface area contributed by atoms with Crippen LogP contribution in [0.5, 0.6) is 0 Å². The first-order valence-corrected chi connectivity index (χ1v) is 9.49. The van der Waals surface area contributed by atoms with E-state index in [0.29, 0.717) is 0 Å². The normalized spacial score (nSPS) is 14.7. The first-order valence-electron chi connectivity index (χ1n) is 8.61. The number of hydrogen-bond donors (Lipinski definition) is 1. The highest BCUT2D eigenvalue weighted by Gasteiger charge is 2.15. The van der Waals surface area contributed by atoms with Gasteiger partial charge in [0, 0.05) is 12.8 Å². The predicted octanol–water partition coefficient (Wildman–Crippen LogP) is 4.47. The van der Waals surface area contributed by atoms with Gasteiger partial charge in [-0.1, -0.05) is 24.3 Å². The number of carbonyl (C=O) groups excluding carboxylic acids is 2. The average Bonchev–Trinajstić information content (AvgIpc) is 3.14. The second kappa shape index (κ2) is 7.75. The van der Waals surface area contributed by atoms with Gasteiger partial charge in [0.2, 0.25) is 5.91 Å². The Hall–Kier alpha value is -1.94. The second-order valence-electron chi connectivity index (χ2n) is 6.42. The quantitative estimate of drug-likeness (QED) is 0.788. The van der Waals surface area contributed by atoms with Crippen molar-refractivity contribution in [1.82, 2.24) is 5.32 Å². The molecule has 1 aromatic carbocycles. The van der Waals surface area contributed by atoms with Gasteiger partial charge in [-0.3, -0.25) is 9.59 Å². The van der Waals surface area contributed by atoms with E-state index in [0.717, 1.165) is 16.9 Å². The first kappa shape index (κ1) is 16.9. The number of Topliss-reactive ketones (excluding diaryl/α,β-unsaturated/α-hetero) is 1. The molecule has 3 rings (SSSR count). The van der Waals surface area contributed by atoms with Gasteiger partial charge in [-0.15, -0.1) is 11.3 Å². The fraction of sp³-hybridized carbons (Fsp3) is 0.400. The molecule has 0 fully saturated rings. The lowest BCUT2D eigenvalue weighted by Crippen LogP contribution is -2.27. The smallest absolute Gasteiger partial charge is 0.220 e. The summed E-state index contributed by atoms with van der Waals surface area (Å²) in [6.45, 7) is 2.00. The van der Waals surface area contributed by atoms with Crippen molar-refractivity contribution >= 4 is 23.0 Å². The van der Waals surface area contributed by atoms with Gasteiger partial charge in [0.05, 0.1) is 10.9 Å². The second-order valence-corrected chi connectivity index (χ2v) is 7.37. The summed E-state index contributed by atoms with van der Waals surface area (Å²) in [6.07, 6.45) is 5.34. The zero-order valence-electron chi connectivity index (χ0n) is 14.0. The van der Waals surface area contributed by atoms with Crippen molar-refractivity contribution in [1.29, 1.82) is 0 Å². The molecule has 1 aliphatic rings.